The van der Waals surface area contributed by atoms with Crippen LogP contribution in [0.2, 0.25) is 0 Å². The van der Waals surface area contributed by atoms with Crippen molar-refractivity contribution in [2.24, 2.45) is 5.41 Å². The molecule has 1 amide bonds. The predicted octanol–water partition coefficient (Wildman–Crippen LogP) is 2.97. The number of rotatable bonds is 1. The summed E-state index contributed by atoms with van der Waals surface area (Å²) in [6.07, 6.45) is 5.28. The van der Waals surface area contributed by atoms with E-state index < -0.39 is 9.75 Å². The maximum absolute atomic E-state index is 12.2. The Kier molecular flexibility index (Phi) is 2.93. The smallest absolute Gasteiger partial charge is 0.231 e. The average Bonchev–Trinajstić information content (AvgIpc) is 2.79. The molecule has 1 aliphatic carbocycles. The molecule has 1 aliphatic heterocycles. The molecule has 0 aromatic heterocycles. The van der Waals surface area contributed by atoms with Crippen LogP contribution < -0.4 is 0 Å². The highest BCUT2D eigenvalue weighted by atomic mass is 35.5. The second-order valence-corrected chi connectivity index (χ2v) is 6.40. The van der Waals surface area contributed by atoms with E-state index in [-0.39, 0.29) is 5.91 Å². The number of nitrogens with zero attached hydrogens (tertiary/aromatic N) is 1. The Morgan fingerprint density at radius 3 is 2.00 bits per heavy atom. The van der Waals surface area contributed by atoms with Crippen LogP contribution in [0.5, 0.6) is 0 Å². The number of hydrogen-bond donors (Lipinski definition) is 0. The molecule has 0 N–H and O–H groups in total. The van der Waals surface area contributed by atoms with Crippen molar-refractivity contribution < 1.29 is 4.79 Å². The number of amides is 1. The minimum atomic E-state index is -0.823. The topological polar surface area (TPSA) is 20.3 Å². The van der Waals surface area contributed by atoms with Gasteiger partial charge in [0.1, 0.15) is 4.33 Å². The monoisotopic (exact) mass is 249 g/mol. The van der Waals surface area contributed by atoms with E-state index in [0.717, 1.165) is 25.9 Å². The van der Waals surface area contributed by atoms with Gasteiger partial charge in [-0.1, -0.05) is 12.8 Å². The molecule has 1 heterocycles. The van der Waals surface area contributed by atoms with Crippen LogP contribution in [0.3, 0.4) is 0 Å². The molecule has 4 heteroatoms. The third kappa shape index (κ3) is 1.99. The van der Waals surface area contributed by atoms with Crippen molar-refractivity contribution in [1.29, 1.82) is 0 Å². The highest BCUT2D eigenvalue weighted by Gasteiger charge is 2.68. The fraction of sp³-hybridized carbons (Fsp3) is 0.909. The Morgan fingerprint density at radius 1 is 1.13 bits per heavy atom. The first-order chi connectivity index (χ1) is 6.97. The Morgan fingerprint density at radius 2 is 1.60 bits per heavy atom. The molecule has 1 atom stereocenters. The molecular weight excluding hydrogens is 233 g/mol. The van der Waals surface area contributed by atoms with Crippen LogP contribution in [0, 0.1) is 5.41 Å². The van der Waals surface area contributed by atoms with Gasteiger partial charge in [-0.25, -0.2) is 0 Å². The van der Waals surface area contributed by atoms with Crippen molar-refractivity contribution in [2.75, 3.05) is 13.1 Å². The number of likely N-dealkylation sites (tertiary alicyclic amines) is 1. The van der Waals surface area contributed by atoms with E-state index in [4.69, 9.17) is 23.2 Å². The molecule has 86 valence electrons. The number of carbonyl (C=O) groups is 1. The van der Waals surface area contributed by atoms with E-state index in [0.29, 0.717) is 6.42 Å². The predicted molar refractivity (Wildman–Crippen MR) is 62.2 cm³/mol. The minimum absolute atomic E-state index is 0.148. The zero-order chi connectivity index (χ0) is 11.1. The van der Waals surface area contributed by atoms with E-state index >= 15 is 0 Å². The lowest BCUT2D eigenvalue weighted by Crippen LogP contribution is -2.38. The second kappa shape index (κ2) is 3.81. The van der Waals surface area contributed by atoms with Gasteiger partial charge >= 0.3 is 0 Å². The van der Waals surface area contributed by atoms with Crippen LogP contribution in [0.25, 0.3) is 0 Å². The maximum Gasteiger partial charge on any atom is 0.231 e. The Bertz CT molecular complexity index is 272. The molecule has 2 fully saturated rings. The summed E-state index contributed by atoms with van der Waals surface area (Å²) in [5.41, 5.74) is -0.527. The largest absolute Gasteiger partial charge is 0.342 e. The summed E-state index contributed by atoms with van der Waals surface area (Å²) in [6, 6.07) is 0. The zero-order valence-corrected chi connectivity index (χ0v) is 10.6. The standard InChI is InChI=1S/C11H17Cl2NO/c1-10(8-11(10,12)13)9(15)14-6-4-2-3-5-7-14/h2-8H2,1H3/t10-/m1/s1. The van der Waals surface area contributed by atoms with Crippen molar-refractivity contribution in [2.45, 2.75) is 43.4 Å². The molecule has 2 nitrogen and oxygen atoms in total. The molecule has 2 aliphatic rings. The first-order valence-corrected chi connectivity index (χ1v) is 6.40. The molecule has 0 unspecified atom stereocenters. The van der Waals surface area contributed by atoms with Crippen LogP contribution in [0.4, 0.5) is 0 Å². The minimum Gasteiger partial charge on any atom is -0.342 e. The average molecular weight is 250 g/mol. The van der Waals surface area contributed by atoms with Gasteiger partial charge in [0.25, 0.3) is 0 Å². The van der Waals surface area contributed by atoms with E-state index in [1.807, 2.05) is 11.8 Å². The number of hydrogen-bond acceptors (Lipinski definition) is 1. The SMILES string of the molecule is C[C@]1(C(=O)N2CCCCCC2)CC1(Cl)Cl. The van der Waals surface area contributed by atoms with Crippen LogP contribution in [0.1, 0.15) is 39.0 Å². The second-order valence-electron chi connectivity index (χ2n) is 4.92. The molecule has 15 heavy (non-hydrogen) atoms. The van der Waals surface area contributed by atoms with Gasteiger partial charge in [-0.3, -0.25) is 4.79 Å². The van der Waals surface area contributed by atoms with Gasteiger partial charge in [0.15, 0.2) is 0 Å². The fourth-order valence-electron chi connectivity index (χ4n) is 2.25. The molecule has 2 rings (SSSR count). The van der Waals surface area contributed by atoms with Gasteiger partial charge in [0.05, 0.1) is 5.41 Å². The normalized spacial score (nSPS) is 34.7. The molecular formula is C11H17Cl2NO. The van der Waals surface area contributed by atoms with Crippen LogP contribution >= 0.6 is 23.2 Å². The van der Waals surface area contributed by atoms with Crippen LogP contribution in [0.15, 0.2) is 0 Å². The number of halogens is 2. The Hall–Kier alpha value is 0.0500. The van der Waals surface area contributed by atoms with Crippen molar-refractivity contribution in [3.05, 3.63) is 0 Å². The fourth-order valence-corrected chi connectivity index (χ4v) is 2.95. The summed E-state index contributed by atoms with van der Waals surface area (Å²) in [4.78, 5) is 14.2. The summed E-state index contributed by atoms with van der Waals surface area (Å²) >= 11 is 12.0. The van der Waals surface area contributed by atoms with Crippen LogP contribution in [-0.2, 0) is 4.79 Å². The van der Waals surface area contributed by atoms with Crippen LogP contribution in [-0.4, -0.2) is 28.2 Å². The molecule has 1 saturated carbocycles. The van der Waals surface area contributed by atoms with Crippen molar-refractivity contribution in [3.63, 3.8) is 0 Å². The summed E-state index contributed by atoms with van der Waals surface area (Å²) in [6.45, 7) is 3.62. The molecule has 0 aromatic carbocycles. The molecule has 1 saturated heterocycles. The summed E-state index contributed by atoms with van der Waals surface area (Å²) in [5, 5.41) is 0. The number of alkyl halides is 2. The highest BCUT2D eigenvalue weighted by Crippen LogP contribution is 2.64. The summed E-state index contributed by atoms with van der Waals surface area (Å²) in [7, 11) is 0. The van der Waals surface area contributed by atoms with Gasteiger partial charge in [0, 0.05) is 13.1 Å². The molecule has 0 spiro atoms. The number of carbonyl (C=O) groups excluding carboxylic acids is 1. The zero-order valence-electron chi connectivity index (χ0n) is 9.06. The van der Waals surface area contributed by atoms with Gasteiger partial charge < -0.3 is 4.90 Å². The molecule has 0 bridgehead atoms. The van der Waals surface area contributed by atoms with Gasteiger partial charge in [-0.15, -0.1) is 23.2 Å². The summed E-state index contributed by atoms with van der Waals surface area (Å²) in [5.74, 6) is 0.148. The van der Waals surface area contributed by atoms with Gasteiger partial charge in [0.2, 0.25) is 5.91 Å². The first-order valence-electron chi connectivity index (χ1n) is 5.65. The third-order valence-electron chi connectivity index (χ3n) is 3.62. The lowest BCUT2D eigenvalue weighted by Gasteiger charge is -2.24. The van der Waals surface area contributed by atoms with Crippen molar-refractivity contribution >= 4 is 29.1 Å². The van der Waals surface area contributed by atoms with Crippen molar-refractivity contribution in [1.82, 2.24) is 4.90 Å². The maximum atomic E-state index is 12.2. The van der Waals surface area contributed by atoms with E-state index in [2.05, 4.69) is 0 Å². The van der Waals surface area contributed by atoms with Gasteiger partial charge in [-0.05, 0) is 26.2 Å². The molecule has 0 aromatic rings. The van der Waals surface area contributed by atoms with E-state index in [1.54, 1.807) is 0 Å². The molecule has 0 radical (unpaired) electrons. The Balaban J connectivity index is 2.01. The quantitative estimate of drug-likeness (QED) is 0.655. The third-order valence-corrected chi connectivity index (χ3v) is 4.72. The van der Waals surface area contributed by atoms with Gasteiger partial charge in [-0.2, -0.15) is 0 Å². The first kappa shape index (κ1) is 11.5. The lowest BCUT2D eigenvalue weighted by atomic mass is 10.1. The summed E-state index contributed by atoms with van der Waals surface area (Å²) < 4.78 is -0.823. The van der Waals surface area contributed by atoms with Crippen molar-refractivity contribution in [3.8, 4) is 0 Å². The highest BCUT2D eigenvalue weighted by molar-refractivity contribution is 6.53. The van der Waals surface area contributed by atoms with E-state index in [1.165, 1.54) is 12.8 Å². The lowest BCUT2D eigenvalue weighted by molar-refractivity contribution is -0.136. The van der Waals surface area contributed by atoms with E-state index in [9.17, 15) is 4.79 Å². The Labute approximate surface area is 101 Å².